The van der Waals surface area contributed by atoms with E-state index in [0.717, 1.165) is 41.9 Å². The Balaban J connectivity index is 0.000000197. The van der Waals surface area contributed by atoms with Gasteiger partial charge in [0.05, 0.1) is 0 Å². The van der Waals surface area contributed by atoms with Crippen LogP contribution in [-0.2, 0) is 0 Å². The van der Waals surface area contributed by atoms with Crippen molar-refractivity contribution in [2.75, 3.05) is 19.6 Å². The van der Waals surface area contributed by atoms with Crippen molar-refractivity contribution in [2.24, 2.45) is 39.4 Å². The first-order valence-electron chi connectivity index (χ1n) is 23.0. The Morgan fingerprint density at radius 1 is 0.418 bits per heavy atom. The van der Waals surface area contributed by atoms with Crippen LogP contribution in [0.25, 0.3) is 0 Å². The Morgan fingerprint density at radius 2 is 0.891 bits per heavy atom. The van der Waals surface area contributed by atoms with Crippen LogP contribution in [0, 0.1) is 39.4 Å². The average molecular weight is 775 g/mol. The van der Waals surface area contributed by atoms with Crippen molar-refractivity contribution in [3.05, 3.63) is 0 Å². The van der Waals surface area contributed by atoms with Crippen LogP contribution in [0.1, 0.15) is 205 Å². The molecule has 4 nitrogen and oxygen atoms in total. The van der Waals surface area contributed by atoms with Gasteiger partial charge in [0.2, 0.25) is 0 Å². The molecule has 0 radical (unpaired) electrons. The molecular weight excluding hydrogens is 676 g/mol. The van der Waals surface area contributed by atoms with Gasteiger partial charge in [-0.2, -0.15) is 0 Å². The summed E-state index contributed by atoms with van der Waals surface area (Å²) in [6.45, 7) is 59.0. The van der Waals surface area contributed by atoms with Crippen LogP contribution in [0.3, 0.4) is 0 Å². The van der Waals surface area contributed by atoms with Crippen molar-refractivity contribution in [1.82, 2.24) is 19.6 Å². The molecule has 0 aromatic heterocycles. The first-order valence-corrected chi connectivity index (χ1v) is 23.0. The molecule has 0 N–H and O–H groups in total. The molecule has 0 amide bonds. The molecule has 0 spiro atoms. The number of fused-ring (bicyclic) bond motifs is 2. The summed E-state index contributed by atoms with van der Waals surface area (Å²) in [5, 5.41) is 0. The lowest BCUT2D eigenvalue weighted by molar-refractivity contribution is 0.0363. The predicted molar refractivity (Wildman–Crippen MR) is 241 cm³/mol. The largest absolute Gasteiger partial charge is 0.295 e. The zero-order valence-electron chi connectivity index (χ0n) is 41.7. The molecule has 55 heavy (non-hydrogen) atoms. The zero-order valence-corrected chi connectivity index (χ0v) is 41.7. The molecule has 6 rings (SSSR count). The number of nitrogens with zero attached hydrogens (tertiary/aromatic N) is 4. The SMILES string of the molecule is CC(C)(C)C1C2CC2CN1C(C)(C)C.CC(C)(C)C1CC(F)CN1C(C)(C)C.CC(C)(C)C1CC2CC2N1C(C)(C)C.CC(C)(C)C1CCCN1C(C)(C)C. The minimum absolute atomic E-state index is 0.0821. The summed E-state index contributed by atoms with van der Waals surface area (Å²) in [4.78, 5) is 10.5. The Morgan fingerprint density at radius 3 is 1.22 bits per heavy atom. The third kappa shape index (κ3) is 12.9. The maximum atomic E-state index is 13.4. The summed E-state index contributed by atoms with van der Waals surface area (Å²) in [6, 6.07) is 3.67. The van der Waals surface area contributed by atoms with Crippen molar-refractivity contribution in [2.45, 2.75) is 263 Å². The fraction of sp³-hybridized carbons (Fsp3) is 1.00. The summed E-state index contributed by atoms with van der Waals surface area (Å²) >= 11 is 0. The van der Waals surface area contributed by atoms with Gasteiger partial charge in [0.15, 0.2) is 0 Å². The monoisotopic (exact) mass is 775 g/mol. The second kappa shape index (κ2) is 16.3. The summed E-state index contributed by atoms with van der Waals surface area (Å²) in [6.07, 6.45) is 7.20. The van der Waals surface area contributed by atoms with E-state index in [4.69, 9.17) is 0 Å². The van der Waals surface area contributed by atoms with E-state index in [-0.39, 0.29) is 11.0 Å². The first-order chi connectivity index (χ1) is 24.3. The van der Waals surface area contributed by atoms with Crippen molar-refractivity contribution in [3.63, 3.8) is 0 Å². The maximum Gasteiger partial charge on any atom is 0.114 e. The lowest BCUT2D eigenvalue weighted by Gasteiger charge is -2.45. The number of rotatable bonds is 0. The molecule has 4 aliphatic heterocycles. The van der Waals surface area contributed by atoms with E-state index >= 15 is 0 Å². The molecule has 4 saturated heterocycles. The van der Waals surface area contributed by atoms with E-state index in [2.05, 4.69) is 186 Å². The number of piperidine rings is 2. The van der Waals surface area contributed by atoms with Gasteiger partial charge in [0.25, 0.3) is 0 Å². The Bertz CT molecular complexity index is 1090. The van der Waals surface area contributed by atoms with Crippen LogP contribution in [0.5, 0.6) is 0 Å². The van der Waals surface area contributed by atoms with Crippen LogP contribution in [0.15, 0.2) is 0 Å². The highest BCUT2D eigenvalue weighted by atomic mass is 19.1. The highest BCUT2D eigenvalue weighted by Crippen LogP contribution is 2.56. The second-order valence-electron chi connectivity index (χ2n) is 27.5. The number of likely N-dealkylation sites (tertiary alicyclic amines) is 4. The van der Waals surface area contributed by atoms with Crippen LogP contribution < -0.4 is 0 Å². The molecule has 2 saturated carbocycles. The Labute approximate surface area is 345 Å². The van der Waals surface area contributed by atoms with Gasteiger partial charge in [-0.3, -0.25) is 19.6 Å². The van der Waals surface area contributed by atoms with Crippen LogP contribution in [-0.4, -0.2) is 97.8 Å². The molecular formula is C50H99FN4. The highest BCUT2D eigenvalue weighted by Gasteiger charge is 2.59. The molecule has 6 fully saturated rings. The van der Waals surface area contributed by atoms with Gasteiger partial charge in [-0.1, -0.05) is 83.1 Å². The van der Waals surface area contributed by atoms with Gasteiger partial charge in [0.1, 0.15) is 6.17 Å². The minimum atomic E-state index is -0.640. The van der Waals surface area contributed by atoms with Gasteiger partial charge in [-0.15, -0.1) is 0 Å². The Hall–Kier alpha value is -0.230. The topological polar surface area (TPSA) is 13.0 Å². The van der Waals surface area contributed by atoms with Crippen molar-refractivity contribution >= 4 is 0 Å². The second-order valence-corrected chi connectivity index (χ2v) is 27.5. The maximum absolute atomic E-state index is 13.4. The molecule has 9 unspecified atom stereocenters. The summed E-state index contributed by atoms with van der Waals surface area (Å²) in [5.41, 5.74) is 2.63. The molecule has 0 bridgehead atoms. The zero-order chi connectivity index (χ0) is 42.9. The fourth-order valence-electron chi connectivity index (χ4n) is 11.3. The quantitative estimate of drug-likeness (QED) is 0.243. The van der Waals surface area contributed by atoms with Crippen LogP contribution in [0.2, 0.25) is 0 Å². The summed E-state index contributed by atoms with van der Waals surface area (Å²) in [7, 11) is 0. The van der Waals surface area contributed by atoms with Gasteiger partial charge >= 0.3 is 0 Å². The third-order valence-electron chi connectivity index (χ3n) is 14.0. The van der Waals surface area contributed by atoms with Gasteiger partial charge in [0, 0.05) is 65.5 Å². The van der Waals surface area contributed by atoms with Crippen LogP contribution in [0.4, 0.5) is 4.39 Å². The average Bonchev–Trinajstić information content (AvgIpc) is 3.54. The number of hydrogen-bond donors (Lipinski definition) is 0. The standard InChI is InChI=1S/2C13H25N.C12H24FN.C12H25N/c1-12(2,3)11-10-7-9(10)8-14(11)13(4,5)6;1-12(2,3)11-8-9-7-10(9)14(11)13(4,5)6;1-11(2,3)10-7-9(13)8-14(10)12(4,5)6;1-11(2,3)10-8-7-9-13(10)12(4,5)6/h2*9-11H,7-8H2,1-6H3;9-10H,7-8H2,1-6H3;10H,7-9H2,1-6H3. The highest BCUT2D eigenvalue weighted by molar-refractivity contribution is 5.12. The van der Waals surface area contributed by atoms with E-state index in [1.807, 2.05) is 0 Å². The van der Waals surface area contributed by atoms with Crippen molar-refractivity contribution in [1.29, 1.82) is 0 Å². The third-order valence-corrected chi connectivity index (χ3v) is 14.0. The number of halogens is 1. The van der Waals surface area contributed by atoms with Gasteiger partial charge < -0.3 is 0 Å². The molecule has 5 heteroatoms. The molecule has 2 aliphatic carbocycles. The van der Waals surface area contributed by atoms with E-state index in [1.54, 1.807) is 0 Å². The number of alkyl halides is 1. The van der Waals surface area contributed by atoms with Crippen molar-refractivity contribution in [3.8, 4) is 0 Å². The fourth-order valence-corrected chi connectivity index (χ4v) is 11.3. The lowest BCUT2D eigenvalue weighted by Crippen LogP contribution is -2.51. The molecule has 0 aromatic carbocycles. The summed E-state index contributed by atoms with van der Waals surface area (Å²) in [5.74, 6) is 3.06. The van der Waals surface area contributed by atoms with Gasteiger partial charge in [-0.05, 0) is 168 Å². The molecule has 9 atom stereocenters. The van der Waals surface area contributed by atoms with Crippen molar-refractivity contribution < 1.29 is 4.39 Å². The van der Waals surface area contributed by atoms with Crippen LogP contribution >= 0.6 is 0 Å². The van der Waals surface area contributed by atoms with E-state index in [0.29, 0.717) is 51.9 Å². The number of hydrogen-bond acceptors (Lipinski definition) is 4. The summed E-state index contributed by atoms with van der Waals surface area (Å²) < 4.78 is 13.4. The first kappa shape index (κ1) is 49.1. The van der Waals surface area contributed by atoms with E-state index in [9.17, 15) is 4.39 Å². The minimum Gasteiger partial charge on any atom is -0.295 e. The van der Waals surface area contributed by atoms with Gasteiger partial charge in [-0.25, -0.2) is 4.39 Å². The van der Waals surface area contributed by atoms with E-state index in [1.165, 1.54) is 45.2 Å². The lowest BCUT2D eigenvalue weighted by atomic mass is 9.82. The molecule has 326 valence electrons. The molecule has 0 aromatic rings. The smallest absolute Gasteiger partial charge is 0.114 e. The molecule has 6 aliphatic rings. The predicted octanol–water partition coefficient (Wildman–Crippen LogP) is 13.0. The van der Waals surface area contributed by atoms with E-state index < -0.39 is 6.17 Å². The normalized spacial score (nSPS) is 33.9. The Kier molecular flexibility index (Phi) is 14.6. The molecule has 4 heterocycles.